The summed E-state index contributed by atoms with van der Waals surface area (Å²) >= 11 is 0. The molecule has 0 atom stereocenters. The Labute approximate surface area is 174 Å². The molecule has 30 heavy (non-hydrogen) atoms. The van der Waals surface area contributed by atoms with Gasteiger partial charge in [-0.2, -0.15) is 5.10 Å². The molecule has 0 fully saturated rings. The fourth-order valence-corrected chi connectivity index (χ4v) is 3.31. The third kappa shape index (κ3) is 4.11. The zero-order chi connectivity index (χ0) is 21.8. The first kappa shape index (κ1) is 21.3. The van der Waals surface area contributed by atoms with Crippen molar-refractivity contribution in [2.45, 2.75) is 33.6 Å². The molecular weight excluding hydrogens is 386 g/mol. The second-order valence-corrected chi connectivity index (χ2v) is 7.02. The fraction of sp³-hybridized carbons (Fsp3) is 0.333. The lowest BCUT2D eigenvalue weighted by atomic mass is 10.00. The Hall–Kier alpha value is -3.46. The maximum atomic E-state index is 12.5. The molecule has 0 aliphatic heterocycles. The minimum Gasteiger partial charge on any atom is -0.462 e. The summed E-state index contributed by atoms with van der Waals surface area (Å²) < 4.78 is 6.82. The molecule has 2 aromatic heterocycles. The predicted molar refractivity (Wildman–Crippen MR) is 112 cm³/mol. The Balaban J connectivity index is 2.08. The van der Waals surface area contributed by atoms with Crippen LogP contribution in [0.4, 0.5) is 11.5 Å². The highest BCUT2D eigenvalue weighted by Gasteiger charge is 2.24. The van der Waals surface area contributed by atoms with Crippen LogP contribution < -0.4 is 10.8 Å². The first-order valence-electron chi connectivity index (χ1n) is 9.61. The molecule has 1 aromatic carbocycles. The van der Waals surface area contributed by atoms with Gasteiger partial charge in [-0.15, -0.1) is 0 Å². The number of aromatic nitrogens is 3. The lowest BCUT2D eigenvalue weighted by Gasteiger charge is -2.13. The summed E-state index contributed by atoms with van der Waals surface area (Å²) in [5.41, 5.74) is 6.20. The number of rotatable bonds is 7. The van der Waals surface area contributed by atoms with Gasteiger partial charge in [0.1, 0.15) is 11.8 Å². The maximum absolute atomic E-state index is 12.5. The van der Waals surface area contributed by atoms with E-state index >= 15 is 0 Å². The van der Waals surface area contributed by atoms with Crippen LogP contribution in [0.3, 0.4) is 0 Å². The Morgan fingerprint density at radius 1 is 1.23 bits per heavy atom. The van der Waals surface area contributed by atoms with Crippen LogP contribution in [-0.4, -0.2) is 40.2 Å². The second kappa shape index (κ2) is 8.91. The van der Waals surface area contributed by atoms with Crippen molar-refractivity contribution < 1.29 is 19.2 Å². The number of carbonyl (C=O) groups excluding carboxylic acids is 2. The number of benzene rings is 1. The summed E-state index contributed by atoms with van der Waals surface area (Å²) in [6.07, 6.45) is 3.06. The number of fused-ring (bicyclic) bond motifs is 1. The number of esters is 1. The van der Waals surface area contributed by atoms with Gasteiger partial charge < -0.3 is 10.1 Å². The van der Waals surface area contributed by atoms with Crippen LogP contribution in [0.25, 0.3) is 5.52 Å². The smallest absolute Gasteiger partial charge is 0.340 e. The molecule has 3 rings (SSSR count). The van der Waals surface area contributed by atoms with Crippen molar-refractivity contribution in [1.29, 1.82) is 0 Å². The zero-order valence-electron chi connectivity index (χ0n) is 17.6. The standard InChI is InChI=1S/C21H25N5O4/c1-6-30-21(28)16-10-26-18(17(16)12(2)3)19(22-11-23-26)24-14-8-7-13(4)15(9-14)20(27)25-29-5/h7-12H,6H2,1-5H3,(H,25,27)(H,22,23,24). The summed E-state index contributed by atoms with van der Waals surface area (Å²) in [5, 5.41) is 7.50. The van der Waals surface area contributed by atoms with Gasteiger partial charge >= 0.3 is 5.97 Å². The number of hydrogen-bond donors (Lipinski definition) is 2. The van der Waals surface area contributed by atoms with Gasteiger partial charge in [-0.1, -0.05) is 19.9 Å². The zero-order valence-corrected chi connectivity index (χ0v) is 17.6. The molecule has 0 unspecified atom stereocenters. The summed E-state index contributed by atoms with van der Waals surface area (Å²) in [6, 6.07) is 5.39. The Morgan fingerprint density at radius 3 is 2.67 bits per heavy atom. The van der Waals surface area contributed by atoms with Crippen LogP contribution in [0.15, 0.2) is 30.7 Å². The van der Waals surface area contributed by atoms with Crippen molar-refractivity contribution in [3.8, 4) is 0 Å². The van der Waals surface area contributed by atoms with E-state index in [0.29, 0.717) is 28.1 Å². The first-order valence-corrected chi connectivity index (χ1v) is 9.61. The van der Waals surface area contributed by atoms with Crippen LogP contribution in [-0.2, 0) is 9.57 Å². The van der Waals surface area contributed by atoms with Crippen molar-refractivity contribution in [3.05, 3.63) is 53.0 Å². The predicted octanol–water partition coefficient (Wildman–Crippen LogP) is 3.37. The molecule has 9 nitrogen and oxygen atoms in total. The summed E-state index contributed by atoms with van der Waals surface area (Å²) in [4.78, 5) is 33.8. The molecule has 2 heterocycles. The van der Waals surface area contributed by atoms with Crippen molar-refractivity contribution in [2.24, 2.45) is 0 Å². The molecule has 0 saturated carbocycles. The molecule has 0 saturated heterocycles. The lowest BCUT2D eigenvalue weighted by Crippen LogP contribution is -2.22. The molecule has 0 aliphatic carbocycles. The highest BCUT2D eigenvalue weighted by atomic mass is 16.6. The highest BCUT2D eigenvalue weighted by Crippen LogP contribution is 2.32. The van der Waals surface area contributed by atoms with Crippen LogP contribution in [0.5, 0.6) is 0 Å². The second-order valence-electron chi connectivity index (χ2n) is 7.02. The molecule has 0 bridgehead atoms. The van der Waals surface area contributed by atoms with Gasteiger partial charge in [-0.25, -0.2) is 19.8 Å². The van der Waals surface area contributed by atoms with Crippen molar-refractivity contribution in [2.75, 3.05) is 19.0 Å². The number of carbonyl (C=O) groups is 2. The monoisotopic (exact) mass is 411 g/mol. The van der Waals surface area contributed by atoms with Crippen molar-refractivity contribution in [1.82, 2.24) is 20.1 Å². The van der Waals surface area contributed by atoms with E-state index in [1.165, 1.54) is 13.4 Å². The van der Waals surface area contributed by atoms with E-state index in [1.807, 2.05) is 32.9 Å². The van der Waals surface area contributed by atoms with E-state index in [0.717, 1.165) is 11.1 Å². The quantitative estimate of drug-likeness (QED) is 0.453. The Morgan fingerprint density at radius 2 is 2.00 bits per heavy atom. The molecule has 9 heteroatoms. The van der Waals surface area contributed by atoms with Gasteiger partial charge in [-0.05, 0) is 37.5 Å². The fourth-order valence-electron chi connectivity index (χ4n) is 3.31. The molecule has 3 aromatic rings. The van der Waals surface area contributed by atoms with Gasteiger partial charge in [-0.3, -0.25) is 9.63 Å². The van der Waals surface area contributed by atoms with Gasteiger partial charge in [0.2, 0.25) is 0 Å². The largest absolute Gasteiger partial charge is 0.462 e. The number of ether oxygens (including phenoxy) is 1. The van der Waals surface area contributed by atoms with Crippen LogP contribution in [0.2, 0.25) is 0 Å². The number of nitrogens with zero attached hydrogens (tertiary/aromatic N) is 3. The number of anilines is 2. The lowest BCUT2D eigenvalue weighted by molar-refractivity contribution is 0.0522. The van der Waals surface area contributed by atoms with Gasteiger partial charge in [0.25, 0.3) is 5.91 Å². The maximum Gasteiger partial charge on any atom is 0.340 e. The minimum atomic E-state index is -0.397. The van der Waals surface area contributed by atoms with Crippen molar-refractivity contribution in [3.63, 3.8) is 0 Å². The minimum absolute atomic E-state index is 0.0296. The average molecular weight is 411 g/mol. The van der Waals surface area contributed by atoms with E-state index in [2.05, 4.69) is 20.9 Å². The van der Waals surface area contributed by atoms with E-state index in [-0.39, 0.29) is 18.4 Å². The molecule has 158 valence electrons. The third-order valence-corrected chi connectivity index (χ3v) is 4.63. The summed E-state index contributed by atoms with van der Waals surface area (Å²) in [6.45, 7) is 7.88. The average Bonchev–Trinajstić information content (AvgIpc) is 3.11. The van der Waals surface area contributed by atoms with Gasteiger partial charge in [0.15, 0.2) is 5.82 Å². The van der Waals surface area contributed by atoms with Crippen LogP contribution >= 0.6 is 0 Å². The van der Waals surface area contributed by atoms with Gasteiger partial charge in [0.05, 0.1) is 19.3 Å². The van der Waals surface area contributed by atoms with Crippen LogP contribution in [0.1, 0.15) is 58.5 Å². The Bertz CT molecular complexity index is 1090. The van der Waals surface area contributed by atoms with Crippen LogP contribution in [0, 0.1) is 6.92 Å². The van der Waals surface area contributed by atoms with Crippen molar-refractivity contribution >= 4 is 28.9 Å². The van der Waals surface area contributed by atoms with E-state index in [9.17, 15) is 9.59 Å². The SMILES string of the molecule is CCOC(=O)c1cn2ncnc(Nc3ccc(C)c(C(=O)NOC)c3)c2c1C(C)C. The molecule has 0 spiro atoms. The molecule has 0 radical (unpaired) electrons. The highest BCUT2D eigenvalue weighted by molar-refractivity contribution is 5.97. The van der Waals surface area contributed by atoms with E-state index < -0.39 is 5.97 Å². The molecule has 1 amide bonds. The molecular formula is C21H25N5O4. The number of hydrogen-bond acceptors (Lipinski definition) is 7. The number of aryl methyl sites for hydroxylation is 1. The third-order valence-electron chi connectivity index (χ3n) is 4.63. The number of nitrogens with one attached hydrogen (secondary N) is 2. The summed E-state index contributed by atoms with van der Waals surface area (Å²) in [5.74, 6) is -0.193. The first-order chi connectivity index (χ1) is 14.4. The van der Waals surface area contributed by atoms with Gasteiger partial charge in [0, 0.05) is 23.0 Å². The topological polar surface area (TPSA) is 107 Å². The van der Waals surface area contributed by atoms with E-state index in [1.54, 1.807) is 23.7 Å². The Kier molecular flexibility index (Phi) is 6.31. The number of hydroxylamine groups is 1. The normalized spacial score (nSPS) is 11.0. The molecule has 0 aliphatic rings. The van der Waals surface area contributed by atoms with E-state index in [4.69, 9.17) is 9.57 Å². The number of amides is 1. The molecule has 2 N–H and O–H groups in total. The summed E-state index contributed by atoms with van der Waals surface area (Å²) in [7, 11) is 1.38.